The van der Waals surface area contributed by atoms with E-state index in [0.717, 1.165) is 59.0 Å². The van der Waals surface area contributed by atoms with Gasteiger partial charge < -0.3 is 10.6 Å². The zero-order chi connectivity index (χ0) is 24.1. The van der Waals surface area contributed by atoms with Gasteiger partial charge in [0.2, 0.25) is 0 Å². The highest BCUT2D eigenvalue weighted by molar-refractivity contribution is 5.96. The van der Waals surface area contributed by atoms with Gasteiger partial charge in [0.1, 0.15) is 5.82 Å². The summed E-state index contributed by atoms with van der Waals surface area (Å²) in [4.78, 5) is 22.1. The summed E-state index contributed by atoms with van der Waals surface area (Å²) in [5.74, 6) is 1.80. The molecule has 2 aromatic carbocycles. The molecular weight excluding hydrogens is 441 g/mol. The van der Waals surface area contributed by atoms with E-state index in [1.807, 2.05) is 41.9 Å². The van der Waals surface area contributed by atoms with Gasteiger partial charge in [-0.3, -0.25) is 9.20 Å². The van der Waals surface area contributed by atoms with Crippen molar-refractivity contribution in [2.45, 2.75) is 39.2 Å². The van der Waals surface area contributed by atoms with Crippen molar-refractivity contribution in [1.29, 1.82) is 0 Å². The first-order valence-electron chi connectivity index (χ1n) is 12.3. The van der Waals surface area contributed by atoms with E-state index in [1.165, 1.54) is 18.6 Å². The standard InChI is InChI=1S/C28H28FN5O/c1-16-11-20(16)13-30-26-27-31-14-25(34(27)15-24(33-26)18-3-6-21(29)7-4-18)19-5-10-23(17(2)12-19)28(35)32-22-8-9-22/h3-7,10,12,14-16,20,22H,8-9,11,13H2,1-2H3,(H,30,33)(H,32,35). The Hall–Kier alpha value is -3.74. The molecule has 6 nitrogen and oxygen atoms in total. The van der Waals surface area contributed by atoms with E-state index < -0.39 is 0 Å². The highest BCUT2D eigenvalue weighted by Gasteiger charge is 2.32. The van der Waals surface area contributed by atoms with Crippen LogP contribution in [0.2, 0.25) is 0 Å². The second-order valence-corrected chi connectivity index (χ2v) is 9.95. The molecule has 2 fully saturated rings. The van der Waals surface area contributed by atoms with E-state index in [4.69, 9.17) is 9.97 Å². The van der Waals surface area contributed by atoms with Crippen LogP contribution in [0.5, 0.6) is 0 Å². The average molecular weight is 470 g/mol. The van der Waals surface area contributed by atoms with Crippen molar-refractivity contribution in [3.63, 3.8) is 0 Å². The Bertz CT molecular complexity index is 1420. The number of halogens is 1. The molecule has 2 aliphatic carbocycles. The van der Waals surface area contributed by atoms with Gasteiger partial charge in [0.15, 0.2) is 11.5 Å². The molecule has 35 heavy (non-hydrogen) atoms. The number of aryl methyl sites for hydroxylation is 1. The fourth-order valence-electron chi connectivity index (χ4n) is 4.56. The number of rotatable bonds is 7. The minimum atomic E-state index is -0.277. The van der Waals surface area contributed by atoms with Gasteiger partial charge in [0, 0.05) is 35.5 Å². The molecule has 6 rings (SSSR count). The van der Waals surface area contributed by atoms with Crippen LogP contribution in [0, 0.1) is 24.6 Å². The summed E-state index contributed by atoms with van der Waals surface area (Å²) in [6, 6.07) is 12.6. The van der Waals surface area contributed by atoms with Gasteiger partial charge in [-0.15, -0.1) is 0 Å². The van der Waals surface area contributed by atoms with Crippen LogP contribution in [0.3, 0.4) is 0 Å². The second-order valence-electron chi connectivity index (χ2n) is 9.95. The van der Waals surface area contributed by atoms with Crippen LogP contribution in [0.4, 0.5) is 10.2 Å². The van der Waals surface area contributed by atoms with Crippen LogP contribution in [-0.4, -0.2) is 32.9 Å². The summed E-state index contributed by atoms with van der Waals surface area (Å²) in [6.07, 6.45) is 7.13. The van der Waals surface area contributed by atoms with Crippen LogP contribution < -0.4 is 10.6 Å². The van der Waals surface area contributed by atoms with Crippen molar-refractivity contribution in [2.24, 2.45) is 11.8 Å². The number of hydrogen-bond acceptors (Lipinski definition) is 4. The first-order valence-corrected chi connectivity index (χ1v) is 12.3. The molecule has 7 heteroatoms. The van der Waals surface area contributed by atoms with Crippen molar-refractivity contribution in [1.82, 2.24) is 19.7 Å². The van der Waals surface area contributed by atoms with Crippen LogP contribution in [-0.2, 0) is 0 Å². The molecule has 2 heterocycles. The van der Waals surface area contributed by atoms with Crippen LogP contribution in [0.1, 0.15) is 42.1 Å². The maximum Gasteiger partial charge on any atom is 0.251 e. The fraction of sp³-hybridized carbons (Fsp3) is 0.321. The molecule has 178 valence electrons. The minimum absolute atomic E-state index is 0.0155. The number of benzene rings is 2. The maximum atomic E-state index is 13.5. The Kier molecular flexibility index (Phi) is 5.28. The van der Waals surface area contributed by atoms with Crippen molar-refractivity contribution in [3.8, 4) is 22.5 Å². The lowest BCUT2D eigenvalue weighted by atomic mass is 10.0. The second kappa shape index (κ2) is 8.48. The van der Waals surface area contributed by atoms with E-state index >= 15 is 0 Å². The van der Waals surface area contributed by atoms with Crippen LogP contribution in [0.15, 0.2) is 54.9 Å². The minimum Gasteiger partial charge on any atom is -0.367 e. The van der Waals surface area contributed by atoms with Crippen molar-refractivity contribution in [3.05, 3.63) is 71.8 Å². The monoisotopic (exact) mass is 469 g/mol. The summed E-state index contributed by atoms with van der Waals surface area (Å²) >= 11 is 0. The smallest absolute Gasteiger partial charge is 0.251 e. The molecule has 2 N–H and O–H groups in total. The predicted molar refractivity (Wildman–Crippen MR) is 135 cm³/mol. The summed E-state index contributed by atoms with van der Waals surface area (Å²) in [5, 5.41) is 6.57. The lowest BCUT2D eigenvalue weighted by Gasteiger charge is -2.12. The Balaban J connectivity index is 1.40. The number of imidazole rings is 1. The Morgan fingerprint density at radius 2 is 1.89 bits per heavy atom. The SMILES string of the molecule is Cc1cc(-c2cnc3c(NCC4CC4C)nc(-c4ccc(F)cc4)cn23)ccc1C(=O)NC1CC1. The molecule has 2 aliphatic rings. The van der Waals surface area contributed by atoms with E-state index in [9.17, 15) is 9.18 Å². The third kappa shape index (κ3) is 4.38. The molecule has 2 atom stereocenters. The normalized spacial score (nSPS) is 19.1. The molecule has 1 amide bonds. The molecule has 2 saturated carbocycles. The lowest BCUT2D eigenvalue weighted by molar-refractivity contribution is 0.0950. The highest BCUT2D eigenvalue weighted by atomic mass is 19.1. The van der Waals surface area contributed by atoms with Gasteiger partial charge in [-0.1, -0.05) is 13.0 Å². The molecule has 2 unspecified atom stereocenters. The van der Waals surface area contributed by atoms with Gasteiger partial charge in [-0.25, -0.2) is 14.4 Å². The average Bonchev–Trinajstić information content (AvgIpc) is 3.75. The molecular formula is C28H28FN5O. The van der Waals surface area contributed by atoms with E-state index in [-0.39, 0.29) is 11.7 Å². The quantitative estimate of drug-likeness (QED) is 0.377. The number of hydrogen-bond donors (Lipinski definition) is 2. The fourth-order valence-corrected chi connectivity index (χ4v) is 4.56. The number of carbonyl (C=O) groups is 1. The summed E-state index contributed by atoms with van der Waals surface area (Å²) in [5.41, 5.74) is 5.81. The van der Waals surface area contributed by atoms with E-state index in [0.29, 0.717) is 23.3 Å². The molecule has 0 aliphatic heterocycles. The first kappa shape index (κ1) is 21.8. The third-order valence-electron chi connectivity index (χ3n) is 7.12. The maximum absolute atomic E-state index is 13.5. The van der Waals surface area contributed by atoms with E-state index in [1.54, 1.807) is 12.1 Å². The molecule has 0 bridgehead atoms. The molecule has 0 saturated heterocycles. The topological polar surface area (TPSA) is 71.3 Å². The molecule has 2 aromatic heterocycles. The van der Waals surface area contributed by atoms with E-state index in [2.05, 4.69) is 17.6 Å². The number of nitrogens with one attached hydrogen (secondary N) is 2. The first-order chi connectivity index (χ1) is 17.0. The number of anilines is 1. The predicted octanol–water partition coefficient (Wildman–Crippen LogP) is 5.47. The largest absolute Gasteiger partial charge is 0.367 e. The number of carbonyl (C=O) groups excluding carboxylic acids is 1. The zero-order valence-corrected chi connectivity index (χ0v) is 19.9. The zero-order valence-electron chi connectivity index (χ0n) is 19.9. The van der Waals surface area contributed by atoms with Gasteiger partial charge in [0.25, 0.3) is 5.91 Å². The van der Waals surface area contributed by atoms with Gasteiger partial charge in [-0.05, 0) is 80.0 Å². The third-order valence-corrected chi connectivity index (χ3v) is 7.12. The lowest BCUT2D eigenvalue weighted by Crippen LogP contribution is -2.26. The highest BCUT2D eigenvalue weighted by Crippen LogP contribution is 2.38. The number of fused-ring (bicyclic) bond motifs is 1. The molecule has 0 spiro atoms. The van der Waals surface area contributed by atoms with Crippen LogP contribution >= 0.6 is 0 Å². The van der Waals surface area contributed by atoms with Crippen molar-refractivity contribution in [2.75, 3.05) is 11.9 Å². The number of aromatic nitrogens is 3. The summed E-state index contributed by atoms with van der Waals surface area (Å²) in [6.45, 7) is 5.07. The van der Waals surface area contributed by atoms with Gasteiger partial charge in [-0.2, -0.15) is 0 Å². The number of nitrogens with zero attached hydrogens (tertiary/aromatic N) is 3. The Morgan fingerprint density at radius 3 is 2.57 bits per heavy atom. The molecule has 0 radical (unpaired) electrons. The van der Waals surface area contributed by atoms with Crippen LogP contribution in [0.25, 0.3) is 28.2 Å². The van der Waals surface area contributed by atoms with Gasteiger partial charge in [0.05, 0.1) is 17.6 Å². The Labute approximate surface area is 203 Å². The number of amides is 1. The summed E-state index contributed by atoms with van der Waals surface area (Å²) in [7, 11) is 0. The summed E-state index contributed by atoms with van der Waals surface area (Å²) < 4.78 is 15.6. The van der Waals surface area contributed by atoms with Crippen molar-refractivity contribution >= 4 is 17.4 Å². The van der Waals surface area contributed by atoms with Crippen molar-refractivity contribution < 1.29 is 9.18 Å². The Morgan fingerprint density at radius 1 is 1.14 bits per heavy atom. The van der Waals surface area contributed by atoms with Gasteiger partial charge >= 0.3 is 0 Å². The molecule has 4 aromatic rings.